The molecule has 0 aliphatic rings. The number of halogens is 2. The Morgan fingerprint density at radius 2 is 1.56 bits per heavy atom. The van der Waals surface area contributed by atoms with Gasteiger partial charge in [-0.05, 0) is 18.2 Å². The molecule has 0 radical (unpaired) electrons. The summed E-state index contributed by atoms with van der Waals surface area (Å²) in [6, 6.07) is 4.25. The summed E-state index contributed by atoms with van der Waals surface area (Å²) in [5.41, 5.74) is 0. The third-order valence-corrected chi connectivity index (χ3v) is 3.36. The molecule has 0 fully saturated rings. The highest BCUT2D eigenvalue weighted by atomic mass is 32.2. The van der Waals surface area contributed by atoms with Crippen molar-refractivity contribution in [2.24, 2.45) is 0 Å². The summed E-state index contributed by atoms with van der Waals surface area (Å²) in [7, 11) is -4.40. The Hall–Kier alpha value is -2.09. The highest BCUT2D eigenvalue weighted by Crippen LogP contribution is 2.19. The van der Waals surface area contributed by atoms with Crippen LogP contribution in [0.25, 0.3) is 0 Å². The zero-order chi connectivity index (χ0) is 13.2. The first-order valence-corrected chi connectivity index (χ1v) is 6.23. The molecule has 5 nitrogen and oxygen atoms in total. The van der Waals surface area contributed by atoms with Gasteiger partial charge in [-0.25, -0.2) is 31.9 Å². The van der Waals surface area contributed by atoms with Crippen LogP contribution in [0.1, 0.15) is 0 Å². The molecule has 94 valence electrons. The standard InChI is InChI=1S/C10H7F2N3O2S/c11-7-3-1-4-8(12)9(7)18(16,17)15-10-13-5-2-6-14-10/h1-6H,(H,13,14,15). The molecule has 1 aromatic carbocycles. The van der Waals surface area contributed by atoms with Gasteiger partial charge in [0.2, 0.25) is 5.95 Å². The molecule has 8 heteroatoms. The first-order valence-electron chi connectivity index (χ1n) is 4.74. The van der Waals surface area contributed by atoms with Crippen LogP contribution in [0, 0.1) is 11.6 Å². The van der Waals surface area contributed by atoms with Gasteiger partial charge in [0, 0.05) is 12.4 Å². The van der Waals surface area contributed by atoms with E-state index in [0.29, 0.717) is 0 Å². The Labute approximate surface area is 102 Å². The Morgan fingerprint density at radius 3 is 2.11 bits per heavy atom. The van der Waals surface area contributed by atoms with Crippen LogP contribution in [-0.4, -0.2) is 18.4 Å². The van der Waals surface area contributed by atoms with Crippen LogP contribution >= 0.6 is 0 Å². The predicted octanol–water partition coefficient (Wildman–Crippen LogP) is 1.56. The molecule has 1 N–H and O–H groups in total. The summed E-state index contributed by atoms with van der Waals surface area (Å²) in [5.74, 6) is -2.63. The van der Waals surface area contributed by atoms with Gasteiger partial charge in [0.15, 0.2) is 4.90 Å². The van der Waals surface area contributed by atoms with Crippen LogP contribution in [0.5, 0.6) is 0 Å². The number of hydrogen-bond acceptors (Lipinski definition) is 4. The third-order valence-electron chi connectivity index (χ3n) is 1.98. The molecular formula is C10H7F2N3O2S. The number of rotatable bonds is 3. The Balaban J connectivity index is 2.44. The second kappa shape index (κ2) is 4.65. The fourth-order valence-electron chi connectivity index (χ4n) is 1.26. The molecule has 0 saturated heterocycles. The van der Waals surface area contributed by atoms with Gasteiger partial charge in [0.1, 0.15) is 11.6 Å². The SMILES string of the molecule is O=S(=O)(Nc1ncccn1)c1c(F)cccc1F. The van der Waals surface area contributed by atoms with Gasteiger partial charge >= 0.3 is 0 Å². The van der Waals surface area contributed by atoms with Crippen molar-refractivity contribution in [1.29, 1.82) is 0 Å². The lowest BCUT2D eigenvalue weighted by Gasteiger charge is -2.07. The van der Waals surface area contributed by atoms with Crippen LogP contribution in [0.2, 0.25) is 0 Å². The van der Waals surface area contributed by atoms with Crippen LogP contribution in [0.3, 0.4) is 0 Å². The quantitative estimate of drug-likeness (QED) is 0.919. The monoisotopic (exact) mass is 271 g/mol. The van der Waals surface area contributed by atoms with E-state index < -0.39 is 26.6 Å². The molecule has 0 bridgehead atoms. The van der Waals surface area contributed by atoms with Gasteiger partial charge < -0.3 is 0 Å². The zero-order valence-electron chi connectivity index (χ0n) is 8.84. The molecule has 0 amide bonds. The van der Waals surface area contributed by atoms with E-state index >= 15 is 0 Å². The number of sulfonamides is 1. The lowest BCUT2D eigenvalue weighted by molar-refractivity contribution is 0.521. The fraction of sp³-hybridized carbons (Fsp3) is 0. The Bertz CT molecular complexity index is 642. The Kier molecular flexibility index (Phi) is 3.19. The maximum Gasteiger partial charge on any atom is 0.270 e. The molecule has 0 aliphatic carbocycles. The van der Waals surface area contributed by atoms with E-state index in [-0.39, 0.29) is 5.95 Å². The molecule has 2 rings (SSSR count). The molecule has 18 heavy (non-hydrogen) atoms. The highest BCUT2D eigenvalue weighted by molar-refractivity contribution is 7.92. The number of nitrogens with zero attached hydrogens (tertiary/aromatic N) is 2. The van der Waals surface area contributed by atoms with Crippen molar-refractivity contribution < 1.29 is 17.2 Å². The van der Waals surface area contributed by atoms with Crippen molar-refractivity contribution in [1.82, 2.24) is 9.97 Å². The summed E-state index contributed by atoms with van der Waals surface area (Å²) >= 11 is 0. The summed E-state index contributed by atoms with van der Waals surface area (Å²) in [4.78, 5) is 6.15. The van der Waals surface area contributed by atoms with Crippen LogP contribution < -0.4 is 4.72 Å². The van der Waals surface area contributed by atoms with Crippen molar-refractivity contribution in [3.63, 3.8) is 0 Å². The minimum atomic E-state index is -4.40. The number of nitrogens with one attached hydrogen (secondary N) is 1. The maximum absolute atomic E-state index is 13.3. The summed E-state index contributed by atoms with van der Waals surface area (Å²) in [6.45, 7) is 0. The van der Waals surface area contributed by atoms with Crippen LogP contribution in [-0.2, 0) is 10.0 Å². The summed E-state index contributed by atoms with van der Waals surface area (Å²) < 4.78 is 52.1. The minimum absolute atomic E-state index is 0.264. The van der Waals surface area contributed by atoms with E-state index in [9.17, 15) is 17.2 Å². The first-order chi connectivity index (χ1) is 8.50. The normalized spacial score (nSPS) is 11.2. The van der Waals surface area contributed by atoms with E-state index in [1.54, 1.807) is 0 Å². The van der Waals surface area contributed by atoms with Crippen molar-refractivity contribution >= 4 is 16.0 Å². The molecule has 0 saturated carbocycles. The molecule has 0 unspecified atom stereocenters. The predicted molar refractivity (Wildman–Crippen MR) is 59.2 cm³/mol. The van der Waals surface area contributed by atoms with E-state index in [2.05, 4.69) is 9.97 Å². The molecule has 0 spiro atoms. The largest absolute Gasteiger partial charge is 0.270 e. The highest BCUT2D eigenvalue weighted by Gasteiger charge is 2.24. The van der Waals surface area contributed by atoms with Gasteiger partial charge in [-0.3, -0.25) is 0 Å². The number of anilines is 1. The van der Waals surface area contributed by atoms with Gasteiger partial charge in [0.25, 0.3) is 10.0 Å². The smallest absolute Gasteiger partial charge is 0.247 e. The molecular weight excluding hydrogens is 264 g/mol. The molecule has 1 heterocycles. The van der Waals surface area contributed by atoms with Crippen molar-refractivity contribution in [3.8, 4) is 0 Å². The van der Waals surface area contributed by atoms with Crippen LogP contribution in [0.15, 0.2) is 41.6 Å². The molecule has 1 aromatic heterocycles. The van der Waals surface area contributed by atoms with E-state index in [4.69, 9.17) is 0 Å². The van der Waals surface area contributed by atoms with Crippen LogP contribution in [0.4, 0.5) is 14.7 Å². The maximum atomic E-state index is 13.3. The summed E-state index contributed by atoms with van der Waals surface area (Å²) in [6.07, 6.45) is 2.59. The van der Waals surface area contributed by atoms with Crippen molar-refractivity contribution in [2.75, 3.05) is 4.72 Å². The zero-order valence-corrected chi connectivity index (χ0v) is 9.66. The average Bonchev–Trinajstić information content (AvgIpc) is 2.28. The van der Waals surface area contributed by atoms with E-state index in [1.165, 1.54) is 18.5 Å². The molecule has 0 atom stereocenters. The first kappa shape index (κ1) is 12.4. The van der Waals surface area contributed by atoms with Gasteiger partial charge in [0.05, 0.1) is 0 Å². The van der Waals surface area contributed by atoms with Gasteiger partial charge in [-0.1, -0.05) is 6.07 Å². The second-order valence-corrected chi connectivity index (χ2v) is 4.85. The van der Waals surface area contributed by atoms with Crippen molar-refractivity contribution in [2.45, 2.75) is 4.90 Å². The van der Waals surface area contributed by atoms with Gasteiger partial charge in [-0.2, -0.15) is 0 Å². The third kappa shape index (κ3) is 2.43. The molecule has 2 aromatic rings. The van der Waals surface area contributed by atoms with E-state index in [1.807, 2.05) is 4.72 Å². The van der Waals surface area contributed by atoms with E-state index in [0.717, 1.165) is 18.2 Å². The molecule has 0 aliphatic heterocycles. The fourth-order valence-corrected chi connectivity index (χ4v) is 2.36. The number of aromatic nitrogens is 2. The second-order valence-electron chi connectivity index (χ2n) is 3.23. The average molecular weight is 271 g/mol. The summed E-state index contributed by atoms with van der Waals surface area (Å²) in [5, 5.41) is 0. The lowest BCUT2D eigenvalue weighted by atomic mass is 10.3. The number of benzene rings is 1. The minimum Gasteiger partial charge on any atom is -0.247 e. The van der Waals surface area contributed by atoms with Crippen molar-refractivity contribution in [3.05, 3.63) is 48.3 Å². The lowest BCUT2D eigenvalue weighted by Crippen LogP contribution is -2.17. The topological polar surface area (TPSA) is 72.0 Å². The Morgan fingerprint density at radius 1 is 1.00 bits per heavy atom. The number of hydrogen-bond donors (Lipinski definition) is 1. The van der Waals surface area contributed by atoms with Gasteiger partial charge in [-0.15, -0.1) is 0 Å².